The highest BCUT2D eigenvalue weighted by atomic mass is 19.3. The fraction of sp³-hybridized carbons (Fsp3) is 0.417. The Hall–Kier alpha value is -3.38. The van der Waals surface area contributed by atoms with Crippen LogP contribution in [0.4, 0.5) is 8.78 Å². The molecule has 1 aromatic carbocycles. The van der Waals surface area contributed by atoms with Crippen LogP contribution in [0.25, 0.3) is 16.6 Å². The number of rotatable bonds is 4. The maximum absolute atomic E-state index is 13.6. The van der Waals surface area contributed by atoms with E-state index in [2.05, 4.69) is 21.4 Å². The van der Waals surface area contributed by atoms with Crippen LogP contribution in [0.5, 0.6) is 0 Å². The van der Waals surface area contributed by atoms with Crippen molar-refractivity contribution in [2.45, 2.75) is 50.1 Å². The summed E-state index contributed by atoms with van der Waals surface area (Å²) in [6.45, 7) is 0.278. The largest absolute Gasteiger partial charge is 0.348 e. The zero-order chi connectivity index (χ0) is 23.0. The van der Waals surface area contributed by atoms with E-state index in [1.165, 1.54) is 0 Å². The van der Waals surface area contributed by atoms with Crippen LogP contribution in [-0.4, -0.2) is 56.4 Å². The summed E-state index contributed by atoms with van der Waals surface area (Å²) in [6.07, 6.45) is 7.91. The SMILES string of the molecule is N#Cc1cccc2c(C(=O)NC3CCC(N4CCC(F)(F)C4)CC3)nc(-n3ccnc3)cc12. The number of hydrogen-bond acceptors (Lipinski definition) is 5. The molecule has 2 aliphatic rings. The number of pyridine rings is 1. The summed E-state index contributed by atoms with van der Waals surface area (Å²) in [5.74, 6) is -2.37. The number of fused-ring (bicyclic) bond motifs is 1. The number of amides is 1. The average Bonchev–Trinajstić information content (AvgIpc) is 3.48. The van der Waals surface area contributed by atoms with Crippen LogP contribution in [0.2, 0.25) is 0 Å². The molecule has 2 fully saturated rings. The summed E-state index contributed by atoms with van der Waals surface area (Å²) in [5, 5.41) is 13.9. The van der Waals surface area contributed by atoms with Crippen molar-refractivity contribution in [1.82, 2.24) is 24.8 Å². The highest BCUT2D eigenvalue weighted by molar-refractivity contribution is 6.07. The Kier molecular flexibility index (Phi) is 5.54. The predicted octanol–water partition coefficient (Wildman–Crippen LogP) is 3.67. The molecular weight excluding hydrogens is 426 g/mol. The van der Waals surface area contributed by atoms with Crippen LogP contribution >= 0.6 is 0 Å². The predicted molar refractivity (Wildman–Crippen MR) is 118 cm³/mol. The number of nitrogens with one attached hydrogen (secondary N) is 1. The number of nitriles is 1. The van der Waals surface area contributed by atoms with Crippen LogP contribution in [-0.2, 0) is 0 Å². The molecule has 1 saturated carbocycles. The molecule has 0 unspecified atom stereocenters. The third-order valence-electron chi connectivity index (χ3n) is 6.71. The molecule has 2 aromatic heterocycles. The Morgan fingerprint density at radius 3 is 2.70 bits per heavy atom. The van der Waals surface area contributed by atoms with Crippen molar-refractivity contribution in [2.75, 3.05) is 13.1 Å². The summed E-state index contributed by atoms with van der Waals surface area (Å²) in [4.78, 5) is 23.8. The molecule has 9 heteroatoms. The van der Waals surface area contributed by atoms with Gasteiger partial charge >= 0.3 is 0 Å². The second-order valence-electron chi connectivity index (χ2n) is 8.87. The maximum Gasteiger partial charge on any atom is 0.270 e. The van der Waals surface area contributed by atoms with E-state index in [0.29, 0.717) is 28.7 Å². The number of halogens is 2. The number of carbonyl (C=O) groups excluding carboxylic acids is 1. The molecule has 0 atom stereocenters. The molecule has 170 valence electrons. The molecule has 0 spiro atoms. The number of hydrogen-bond donors (Lipinski definition) is 1. The van der Waals surface area contributed by atoms with Crippen molar-refractivity contribution < 1.29 is 13.6 Å². The summed E-state index contributed by atoms with van der Waals surface area (Å²) >= 11 is 0. The summed E-state index contributed by atoms with van der Waals surface area (Å²) < 4.78 is 28.8. The molecule has 5 rings (SSSR count). The first-order valence-corrected chi connectivity index (χ1v) is 11.2. The topological polar surface area (TPSA) is 86.8 Å². The van der Waals surface area contributed by atoms with Gasteiger partial charge in [-0.3, -0.25) is 14.3 Å². The molecule has 0 bridgehead atoms. The van der Waals surface area contributed by atoms with E-state index in [-0.39, 0.29) is 36.7 Å². The minimum atomic E-state index is -2.58. The third-order valence-corrected chi connectivity index (χ3v) is 6.71. The molecule has 1 saturated heterocycles. The van der Waals surface area contributed by atoms with E-state index in [0.717, 1.165) is 25.7 Å². The quantitative estimate of drug-likeness (QED) is 0.655. The van der Waals surface area contributed by atoms with Crippen LogP contribution < -0.4 is 5.32 Å². The highest BCUT2D eigenvalue weighted by Crippen LogP contribution is 2.33. The standard InChI is InChI=1S/C24H24F2N6O/c25-24(26)8-10-31(14-24)18-6-4-17(5-7-18)29-23(33)22-19-3-1-2-16(13-27)20(19)12-21(30-22)32-11-9-28-15-32/h1-3,9,11-12,15,17-18H,4-8,10,14H2,(H,29,33). The Morgan fingerprint density at radius 1 is 1.21 bits per heavy atom. The number of carbonyl (C=O) groups is 1. The third kappa shape index (κ3) is 4.31. The fourth-order valence-corrected chi connectivity index (χ4v) is 4.97. The number of alkyl halides is 2. The number of likely N-dealkylation sites (tertiary alicyclic amines) is 1. The van der Waals surface area contributed by atoms with E-state index >= 15 is 0 Å². The van der Waals surface area contributed by atoms with Gasteiger partial charge in [0.05, 0.1) is 18.2 Å². The lowest BCUT2D eigenvalue weighted by Crippen LogP contribution is -2.44. The van der Waals surface area contributed by atoms with Gasteiger partial charge in [-0.2, -0.15) is 5.26 Å². The molecule has 33 heavy (non-hydrogen) atoms. The summed E-state index contributed by atoms with van der Waals surface area (Å²) in [7, 11) is 0. The van der Waals surface area contributed by atoms with E-state index in [9.17, 15) is 18.8 Å². The second kappa shape index (κ2) is 8.52. The van der Waals surface area contributed by atoms with Crippen molar-refractivity contribution in [3.63, 3.8) is 0 Å². The van der Waals surface area contributed by atoms with Gasteiger partial charge in [-0.25, -0.2) is 18.7 Å². The van der Waals surface area contributed by atoms with Crippen molar-refractivity contribution >= 4 is 16.7 Å². The Labute approximate surface area is 190 Å². The van der Waals surface area contributed by atoms with Gasteiger partial charge in [0.15, 0.2) is 0 Å². The first-order chi connectivity index (χ1) is 15.9. The van der Waals surface area contributed by atoms with Gasteiger partial charge in [-0.1, -0.05) is 12.1 Å². The van der Waals surface area contributed by atoms with Gasteiger partial charge in [0, 0.05) is 48.2 Å². The molecule has 1 N–H and O–H groups in total. The number of imidazole rings is 1. The monoisotopic (exact) mass is 450 g/mol. The van der Waals surface area contributed by atoms with Crippen LogP contribution in [0.1, 0.15) is 48.2 Å². The Balaban J connectivity index is 1.35. The average molecular weight is 450 g/mol. The fourth-order valence-electron chi connectivity index (χ4n) is 4.97. The van der Waals surface area contributed by atoms with E-state index in [1.807, 2.05) is 4.90 Å². The molecule has 0 radical (unpaired) electrons. The highest BCUT2D eigenvalue weighted by Gasteiger charge is 2.41. The second-order valence-corrected chi connectivity index (χ2v) is 8.87. The molecule has 7 nitrogen and oxygen atoms in total. The minimum absolute atomic E-state index is 0.0373. The molecule has 1 aliphatic heterocycles. The minimum Gasteiger partial charge on any atom is -0.348 e. The van der Waals surface area contributed by atoms with Crippen LogP contribution in [0, 0.1) is 11.3 Å². The Bertz CT molecular complexity index is 1210. The van der Waals surface area contributed by atoms with Crippen molar-refractivity contribution in [2.24, 2.45) is 0 Å². The van der Waals surface area contributed by atoms with Crippen molar-refractivity contribution in [1.29, 1.82) is 5.26 Å². The summed E-state index contributed by atoms with van der Waals surface area (Å²) in [5.41, 5.74) is 0.725. The van der Waals surface area contributed by atoms with Crippen LogP contribution in [0.15, 0.2) is 43.0 Å². The zero-order valence-electron chi connectivity index (χ0n) is 18.0. The lowest BCUT2D eigenvalue weighted by molar-refractivity contribution is 0.00504. The lowest BCUT2D eigenvalue weighted by atomic mass is 9.90. The maximum atomic E-state index is 13.6. The number of benzene rings is 1. The molecule has 3 aromatic rings. The van der Waals surface area contributed by atoms with E-state index in [1.54, 1.807) is 47.6 Å². The van der Waals surface area contributed by atoms with Gasteiger partial charge in [-0.15, -0.1) is 0 Å². The first-order valence-electron chi connectivity index (χ1n) is 11.2. The molecule has 1 amide bonds. The van der Waals surface area contributed by atoms with Gasteiger partial charge in [0.25, 0.3) is 11.8 Å². The van der Waals surface area contributed by atoms with Crippen LogP contribution in [0.3, 0.4) is 0 Å². The Morgan fingerprint density at radius 2 is 2.03 bits per heavy atom. The van der Waals surface area contributed by atoms with Gasteiger partial charge in [-0.05, 0) is 37.8 Å². The van der Waals surface area contributed by atoms with Gasteiger partial charge in [0.2, 0.25) is 0 Å². The first kappa shape index (κ1) is 21.5. The molecule has 1 aliphatic carbocycles. The van der Waals surface area contributed by atoms with Gasteiger partial charge in [0.1, 0.15) is 17.8 Å². The van der Waals surface area contributed by atoms with E-state index in [4.69, 9.17) is 0 Å². The lowest BCUT2D eigenvalue weighted by Gasteiger charge is -2.34. The van der Waals surface area contributed by atoms with Crippen molar-refractivity contribution in [3.05, 3.63) is 54.2 Å². The van der Waals surface area contributed by atoms with Crippen molar-refractivity contribution in [3.8, 4) is 11.9 Å². The zero-order valence-corrected chi connectivity index (χ0v) is 18.0. The smallest absolute Gasteiger partial charge is 0.270 e. The molecule has 3 heterocycles. The summed E-state index contributed by atoms with van der Waals surface area (Å²) in [6, 6.07) is 9.32. The number of nitrogens with zero attached hydrogens (tertiary/aromatic N) is 5. The number of aromatic nitrogens is 3. The van der Waals surface area contributed by atoms with E-state index < -0.39 is 5.92 Å². The molecular formula is C24H24F2N6O. The van der Waals surface area contributed by atoms with Gasteiger partial charge < -0.3 is 5.32 Å². The normalized spacial score (nSPS) is 22.8.